The number of rotatable bonds is 9. The first-order valence-electron chi connectivity index (χ1n) is 13.0. The molecule has 0 saturated carbocycles. The predicted octanol–water partition coefficient (Wildman–Crippen LogP) is 5.66. The number of aromatic nitrogens is 3. The second-order valence-corrected chi connectivity index (χ2v) is 9.88. The number of likely N-dealkylation sites (tertiary alicyclic amines) is 1. The summed E-state index contributed by atoms with van der Waals surface area (Å²) in [5.74, 6) is 1.70. The Labute approximate surface area is 219 Å². The van der Waals surface area contributed by atoms with Crippen molar-refractivity contribution in [1.29, 1.82) is 0 Å². The lowest BCUT2D eigenvalue weighted by Crippen LogP contribution is -2.26. The smallest absolute Gasteiger partial charge is 0.369 e. The van der Waals surface area contributed by atoms with Crippen LogP contribution in [0.1, 0.15) is 43.2 Å². The molecule has 1 fully saturated rings. The summed E-state index contributed by atoms with van der Waals surface area (Å²) < 4.78 is 43.8. The van der Waals surface area contributed by atoms with E-state index in [1.807, 2.05) is 18.3 Å². The van der Waals surface area contributed by atoms with Crippen molar-refractivity contribution in [2.75, 3.05) is 38.0 Å². The number of allylic oxidation sites excluding steroid dienone is 1. The Morgan fingerprint density at radius 1 is 1.08 bits per heavy atom. The van der Waals surface area contributed by atoms with Gasteiger partial charge in [0.25, 0.3) is 5.89 Å². The van der Waals surface area contributed by atoms with Gasteiger partial charge in [0, 0.05) is 31.4 Å². The zero-order valence-corrected chi connectivity index (χ0v) is 21.3. The van der Waals surface area contributed by atoms with Gasteiger partial charge in [-0.25, -0.2) is 4.98 Å². The highest BCUT2D eigenvalue weighted by molar-refractivity contribution is 6.06. The summed E-state index contributed by atoms with van der Waals surface area (Å²) in [6.07, 6.45) is 3.96. The van der Waals surface area contributed by atoms with E-state index in [-0.39, 0.29) is 11.7 Å². The molecule has 3 aromatic rings. The van der Waals surface area contributed by atoms with Crippen LogP contribution in [0.3, 0.4) is 0 Å². The quantitative estimate of drug-likeness (QED) is 0.389. The molecular weight excluding hydrogens is 493 g/mol. The summed E-state index contributed by atoms with van der Waals surface area (Å²) in [4.78, 5) is 16.0. The molecule has 2 aliphatic rings. The molecule has 1 unspecified atom stereocenters. The highest BCUT2D eigenvalue weighted by Crippen LogP contribution is 2.30. The molecule has 0 bridgehead atoms. The van der Waals surface area contributed by atoms with Crippen LogP contribution in [0.15, 0.2) is 63.8 Å². The summed E-state index contributed by atoms with van der Waals surface area (Å²) in [5.41, 5.74) is 2.69. The molecular formula is C28H31F3N6O. The molecule has 200 valence electrons. The van der Waals surface area contributed by atoms with Gasteiger partial charge in [-0.1, -0.05) is 28.9 Å². The average molecular weight is 525 g/mol. The minimum Gasteiger partial charge on any atom is -0.369 e. The average Bonchev–Trinajstić information content (AvgIpc) is 3.61. The third-order valence-electron chi connectivity index (χ3n) is 7.14. The number of alkyl halides is 3. The van der Waals surface area contributed by atoms with Crippen LogP contribution in [-0.2, 0) is 12.6 Å². The largest absolute Gasteiger partial charge is 0.416 e. The number of benzene rings is 1. The van der Waals surface area contributed by atoms with Gasteiger partial charge in [-0.15, -0.1) is 0 Å². The number of aryl methyl sites for hydroxylation is 1. The van der Waals surface area contributed by atoms with Gasteiger partial charge >= 0.3 is 6.18 Å². The van der Waals surface area contributed by atoms with Crippen LogP contribution in [0.4, 0.5) is 19.0 Å². The molecule has 0 spiro atoms. The maximum atomic E-state index is 12.8. The van der Waals surface area contributed by atoms with E-state index in [1.54, 1.807) is 0 Å². The van der Waals surface area contributed by atoms with Crippen LogP contribution < -0.4 is 5.32 Å². The van der Waals surface area contributed by atoms with E-state index in [0.717, 1.165) is 43.9 Å². The monoisotopic (exact) mass is 524 g/mol. The summed E-state index contributed by atoms with van der Waals surface area (Å²) in [7, 11) is 0. The van der Waals surface area contributed by atoms with Crippen molar-refractivity contribution in [1.82, 2.24) is 20.0 Å². The van der Waals surface area contributed by atoms with Crippen LogP contribution in [0.2, 0.25) is 0 Å². The van der Waals surface area contributed by atoms with Crippen molar-refractivity contribution < 1.29 is 17.7 Å². The Hall–Kier alpha value is -3.53. The standard InChI is InChI=1S/C28H31F3N6O/c1-19-16-24(27-35-26(36-38-27)21-7-9-23(10-8-21)28(29,30)31)33-18-22(19)6-4-20-5-11-25(34-17-20)32-12-15-37-13-2-3-14-37/h5,7-11,16-17,22H,2-4,6,12-15,18H2,1H3,(H,32,34). The Morgan fingerprint density at radius 3 is 2.55 bits per heavy atom. The summed E-state index contributed by atoms with van der Waals surface area (Å²) >= 11 is 0. The van der Waals surface area contributed by atoms with Crippen LogP contribution >= 0.6 is 0 Å². The highest BCUT2D eigenvalue weighted by atomic mass is 19.4. The molecule has 1 aromatic carbocycles. The molecule has 0 radical (unpaired) electrons. The molecule has 5 rings (SSSR count). The summed E-state index contributed by atoms with van der Waals surface area (Å²) in [6.45, 7) is 7.04. The Kier molecular flexibility index (Phi) is 7.87. The van der Waals surface area contributed by atoms with Crippen molar-refractivity contribution >= 4 is 11.5 Å². The SMILES string of the molecule is CC1=CC(c2nc(-c3ccc(C(F)(F)F)cc3)no2)=NCC1CCc1ccc(NCCN2CCCC2)nc1. The van der Waals surface area contributed by atoms with E-state index < -0.39 is 11.7 Å². The van der Waals surface area contributed by atoms with E-state index >= 15 is 0 Å². The van der Waals surface area contributed by atoms with E-state index in [4.69, 9.17) is 4.52 Å². The number of hydrogen-bond donors (Lipinski definition) is 1. The second-order valence-electron chi connectivity index (χ2n) is 9.88. The highest BCUT2D eigenvalue weighted by Gasteiger charge is 2.30. The van der Waals surface area contributed by atoms with Crippen LogP contribution in [0, 0.1) is 5.92 Å². The molecule has 2 aromatic heterocycles. The molecule has 2 aliphatic heterocycles. The molecule has 7 nitrogen and oxygen atoms in total. The van der Waals surface area contributed by atoms with Gasteiger partial charge in [-0.3, -0.25) is 4.99 Å². The molecule has 4 heterocycles. The van der Waals surface area contributed by atoms with Crippen LogP contribution in [0.5, 0.6) is 0 Å². The lowest BCUT2D eigenvalue weighted by molar-refractivity contribution is -0.137. The van der Waals surface area contributed by atoms with Gasteiger partial charge < -0.3 is 14.7 Å². The topological polar surface area (TPSA) is 79.4 Å². The van der Waals surface area contributed by atoms with Gasteiger partial charge in [-0.2, -0.15) is 18.2 Å². The van der Waals surface area contributed by atoms with Gasteiger partial charge in [0.1, 0.15) is 11.5 Å². The van der Waals surface area contributed by atoms with E-state index in [9.17, 15) is 13.2 Å². The van der Waals surface area contributed by atoms with Crippen molar-refractivity contribution in [2.45, 2.75) is 38.8 Å². The van der Waals surface area contributed by atoms with E-state index in [1.165, 1.54) is 49.2 Å². The first-order chi connectivity index (χ1) is 18.3. The molecule has 10 heteroatoms. The number of dihydropyridines is 1. The normalized spacial score (nSPS) is 18.4. The van der Waals surface area contributed by atoms with E-state index in [0.29, 0.717) is 23.7 Å². The first-order valence-corrected chi connectivity index (χ1v) is 13.0. The van der Waals surface area contributed by atoms with Gasteiger partial charge in [0.15, 0.2) is 0 Å². The van der Waals surface area contributed by atoms with E-state index in [2.05, 4.69) is 43.3 Å². The summed E-state index contributed by atoms with van der Waals surface area (Å²) in [6, 6.07) is 8.86. The molecule has 0 amide bonds. The lowest BCUT2D eigenvalue weighted by Gasteiger charge is -2.20. The van der Waals surface area contributed by atoms with Crippen molar-refractivity contribution in [3.63, 3.8) is 0 Å². The Morgan fingerprint density at radius 2 is 1.87 bits per heavy atom. The minimum atomic E-state index is -4.39. The first kappa shape index (κ1) is 26.1. The number of nitrogens with one attached hydrogen (secondary N) is 1. The molecule has 1 saturated heterocycles. The number of hydrogen-bond acceptors (Lipinski definition) is 7. The number of nitrogens with zero attached hydrogens (tertiary/aromatic N) is 5. The number of anilines is 1. The zero-order chi connectivity index (χ0) is 26.5. The second kappa shape index (κ2) is 11.5. The van der Waals surface area contributed by atoms with Crippen molar-refractivity contribution in [3.05, 3.63) is 71.3 Å². The zero-order valence-electron chi connectivity index (χ0n) is 21.3. The fourth-order valence-electron chi connectivity index (χ4n) is 4.80. The molecule has 1 N–H and O–H groups in total. The molecule has 1 atom stereocenters. The fraction of sp³-hybridized carbons (Fsp3) is 0.429. The lowest BCUT2D eigenvalue weighted by atomic mass is 9.90. The number of halogens is 3. The fourth-order valence-corrected chi connectivity index (χ4v) is 4.80. The van der Waals surface area contributed by atoms with Crippen molar-refractivity contribution in [3.8, 4) is 11.4 Å². The third kappa shape index (κ3) is 6.48. The molecule has 38 heavy (non-hydrogen) atoms. The van der Waals surface area contributed by atoms with Crippen molar-refractivity contribution in [2.24, 2.45) is 10.9 Å². The Bertz CT molecular complexity index is 1280. The van der Waals surface area contributed by atoms with Gasteiger partial charge in [0.05, 0.1) is 5.56 Å². The van der Waals surface area contributed by atoms with Gasteiger partial charge in [0.2, 0.25) is 5.82 Å². The summed E-state index contributed by atoms with van der Waals surface area (Å²) in [5, 5.41) is 7.33. The predicted molar refractivity (Wildman–Crippen MR) is 140 cm³/mol. The third-order valence-corrected chi connectivity index (χ3v) is 7.14. The number of aliphatic imine (C=N–C) groups is 1. The molecule has 0 aliphatic carbocycles. The van der Waals surface area contributed by atoms with Crippen LogP contribution in [0.25, 0.3) is 11.4 Å². The maximum Gasteiger partial charge on any atom is 0.416 e. The minimum absolute atomic E-state index is 0.228. The van der Waals surface area contributed by atoms with Crippen LogP contribution in [-0.4, -0.2) is 58.5 Å². The maximum absolute atomic E-state index is 12.8. The number of pyridine rings is 1. The Balaban J connectivity index is 1.11. The van der Waals surface area contributed by atoms with Gasteiger partial charge in [-0.05, 0) is 81.5 Å².